The van der Waals surface area contributed by atoms with Crippen LogP contribution in [0.25, 0.3) is 11.3 Å². The van der Waals surface area contributed by atoms with Gasteiger partial charge in [0.25, 0.3) is 0 Å². The molecule has 0 unspecified atom stereocenters. The highest BCUT2D eigenvalue weighted by molar-refractivity contribution is 9.10. The Morgan fingerprint density at radius 1 is 0.931 bits per heavy atom. The monoisotopic (exact) mass is 462 g/mol. The normalized spacial score (nSPS) is 10.7. The van der Waals surface area contributed by atoms with Crippen molar-refractivity contribution in [1.82, 2.24) is 4.98 Å². The predicted octanol–water partition coefficient (Wildman–Crippen LogP) is 6.79. The molecule has 0 bridgehead atoms. The number of hydrogen-bond acceptors (Lipinski definition) is 3. The van der Waals surface area contributed by atoms with Gasteiger partial charge in [-0.05, 0) is 36.8 Å². The summed E-state index contributed by atoms with van der Waals surface area (Å²) in [6, 6.07) is 27.6. The van der Waals surface area contributed by atoms with Crippen molar-refractivity contribution < 1.29 is 4.79 Å². The summed E-state index contributed by atoms with van der Waals surface area (Å²) in [5, 5.41) is 0.685. The van der Waals surface area contributed by atoms with Crippen molar-refractivity contribution in [1.29, 1.82) is 0 Å². The van der Waals surface area contributed by atoms with E-state index in [0.29, 0.717) is 11.6 Å². The van der Waals surface area contributed by atoms with Gasteiger partial charge in [-0.2, -0.15) is 0 Å². The van der Waals surface area contributed by atoms with Gasteiger partial charge in [0.05, 0.1) is 17.8 Å². The zero-order valence-electron chi connectivity index (χ0n) is 15.9. The van der Waals surface area contributed by atoms with E-state index in [2.05, 4.69) is 15.9 Å². The third kappa shape index (κ3) is 4.47. The zero-order chi connectivity index (χ0) is 20.2. The van der Waals surface area contributed by atoms with Gasteiger partial charge in [-0.25, -0.2) is 4.98 Å². The number of rotatable bonds is 5. The van der Waals surface area contributed by atoms with Gasteiger partial charge in [0.2, 0.25) is 5.91 Å². The molecule has 3 nitrogen and oxygen atoms in total. The maximum atomic E-state index is 13.3. The summed E-state index contributed by atoms with van der Waals surface area (Å²) in [7, 11) is 0. The molecule has 1 amide bonds. The minimum absolute atomic E-state index is 0.00751. The molecule has 0 radical (unpaired) electrons. The average molecular weight is 463 g/mol. The second-order valence-corrected chi connectivity index (χ2v) is 8.73. The van der Waals surface area contributed by atoms with E-state index in [1.165, 1.54) is 11.3 Å². The molecule has 1 heterocycles. The molecule has 0 aliphatic carbocycles. The van der Waals surface area contributed by atoms with Gasteiger partial charge < -0.3 is 0 Å². The van der Waals surface area contributed by atoms with Crippen molar-refractivity contribution in [2.75, 3.05) is 4.90 Å². The summed E-state index contributed by atoms with van der Waals surface area (Å²) < 4.78 is 0.969. The standard InChI is InChI=1S/C24H19BrN2OS/c1-17-23(19-10-6-3-7-11-19)26-24(29-17)27(21-14-12-20(25)13-15-21)22(28)16-18-8-4-2-5-9-18/h2-15H,16H2,1H3. The molecule has 1 aromatic heterocycles. The van der Waals surface area contributed by atoms with Crippen LogP contribution in [-0.2, 0) is 11.2 Å². The zero-order valence-corrected chi connectivity index (χ0v) is 18.3. The number of carbonyl (C=O) groups is 1. The van der Waals surface area contributed by atoms with E-state index in [4.69, 9.17) is 4.98 Å². The molecule has 5 heteroatoms. The molecular weight excluding hydrogens is 444 g/mol. The first kappa shape index (κ1) is 19.6. The lowest BCUT2D eigenvalue weighted by atomic mass is 10.1. The first-order valence-corrected chi connectivity index (χ1v) is 10.9. The van der Waals surface area contributed by atoms with Crippen molar-refractivity contribution >= 4 is 44.0 Å². The van der Waals surface area contributed by atoms with E-state index < -0.39 is 0 Å². The fourth-order valence-corrected chi connectivity index (χ4v) is 4.38. The molecule has 0 aliphatic heterocycles. The largest absolute Gasteiger partial charge is 0.274 e. The third-order valence-corrected chi connectivity index (χ3v) is 6.04. The number of thiazole rings is 1. The molecule has 0 saturated heterocycles. The minimum Gasteiger partial charge on any atom is -0.274 e. The molecule has 4 rings (SSSR count). The van der Waals surface area contributed by atoms with E-state index in [0.717, 1.165) is 31.9 Å². The van der Waals surface area contributed by atoms with Gasteiger partial charge in [0.15, 0.2) is 5.13 Å². The summed E-state index contributed by atoms with van der Waals surface area (Å²) in [4.78, 5) is 21.0. The van der Waals surface area contributed by atoms with Gasteiger partial charge in [0, 0.05) is 14.9 Å². The van der Waals surface area contributed by atoms with E-state index in [-0.39, 0.29) is 5.91 Å². The summed E-state index contributed by atoms with van der Waals surface area (Å²) in [5.41, 5.74) is 3.76. The minimum atomic E-state index is -0.00751. The van der Waals surface area contributed by atoms with Crippen molar-refractivity contribution in [3.63, 3.8) is 0 Å². The highest BCUT2D eigenvalue weighted by atomic mass is 79.9. The Morgan fingerprint density at radius 2 is 1.55 bits per heavy atom. The van der Waals surface area contributed by atoms with E-state index in [1.807, 2.05) is 91.9 Å². The van der Waals surface area contributed by atoms with E-state index >= 15 is 0 Å². The number of hydrogen-bond donors (Lipinski definition) is 0. The van der Waals surface area contributed by atoms with Crippen LogP contribution in [0.2, 0.25) is 0 Å². The third-order valence-electron chi connectivity index (χ3n) is 4.56. The van der Waals surface area contributed by atoms with Gasteiger partial charge in [0.1, 0.15) is 0 Å². The molecule has 144 valence electrons. The number of benzene rings is 3. The second-order valence-electron chi connectivity index (χ2n) is 6.64. The van der Waals surface area contributed by atoms with Crippen molar-refractivity contribution in [2.24, 2.45) is 0 Å². The maximum Gasteiger partial charge on any atom is 0.237 e. The number of carbonyl (C=O) groups excluding carboxylic acids is 1. The number of nitrogens with zero attached hydrogens (tertiary/aromatic N) is 2. The molecule has 0 atom stereocenters. The van der Waals surface area contributed by atoms with Crippen LogP contribution in [0.3, 0.4) is 0 Å². The number of amides is 1. The molecule has 29 heavy (non-hydrogen) atoms. The lowest BCUT2D eigenvalue weighted by Crippen LogP contribution is -2.27. The van der Waals surface area contributed by atoms with Gasteiger partial charge >= 0.3 is 0 Å². The fraction of sp³-hybridized carbons (Fsp3) is 0.0833. The van der Waals surface area contributed by atoms with Crippen LogP contribution in [0.1, 0.15) is 10.4 Å². The van der Waals surface area contributed by atoms with Crippen LogP contribution in [-0.4, -0.2) is 10.9 Å². The lowest BCUT2D eigenvalue weighted by molar-refractivity contribution is -0.117. The van der Waals surface area contributed by atoms with Crippen molar-refractivity contribution in [2.45, 2.75) is 13.3 Å². The quantitative estimate of drug-likeness (QED) is 0.327. The fourth-order valence-electron chi connectivity index (χ4n) is 3.14. The molecule has 0 fully saturated rings. The Bertz CT molecular complexity index is 1110. The van der Waals surface area contributed by atoms with Gasteiger partial charge in [-0.3, -0.25) is 9.69 Å². The highest BCUT2D eigenvalue weighted by Gasteiger charge is 2.23. The molecule has 3 aromatic carbocycles. The maximum absolute atomic E-state index is 13.3. The average Bonchev–Trinajstić information content (AvgIpc) is 3.12. The molecule has 0 N–H and O–H groups in total. The Balaban J connectivity index is 1.74. The van der Waals surface area contributed by atoms with Crippen LogP contribution in [0.5, 0.6) is 0 Å². The first-order valence-electron chi connectivity index (χ1n) is 9.27. The highest BCUT2D eigenvalue weighted by Crippen LogP contribution is 2.36. The van der Waals surface area contributed by atoms with Crippen LogP contribution in [0.4, 0.5) is 10.8 Å². The SMILES string of the molecule is Cc1sc(N(C(=O)Cc2ccccc2)c2ccc(Br)cc2)nc1-c1ccccc1. The smallest absolute Gasteiger partial charge is 0.237 e. The summed E-state index contributed by atoms with van der Waals surface area (Å²) in [6.45, 7) is 2.05. The van der Waals surface area contributed by atoms with Crippen molar-refractivity contribution in [3.8, 4) is 11.3 Å². The first-order chi connectivity index (χ1) is 14.1. The molecule has 0 aliphatic rings. The summed E-state index contributed by atoms with van der Waals surface area (Å²) >= 11 is 5.01. The van der Waals surface area contributed by atoms with Crippen LogP contribution < -0.4 is 4.90 Å². The van der Waals surface area contributed by atoms with Gasteiger partial charge in [-0.15, -0.1) is 11.3 Å². The Morgan fingerprint density at radius 3 is 2.21 bits per heavy atom. The second kappa shape index (κ2) is 8.72. The lowest BCUT2D eigenvalue weighted by Gasteiger charge is -2.20. The van der Waals surface area contributed by atoms with Crippen molar-refractivity contribution in [3.05, 3.63) is 99.8 Å². The number of anilines is 2. The number of aryl methyl sites for hydroxylation is 1. The predicted molar refractivity (Wildman–Crippen MR) is 124 cm³/mol. The van der Waals surface area contributed by atoms with Crippen LogP contribution >= 0.6 is 27.3 Å². The van der Waals surface area contributed by atoms with E-state index in [1.54, 1.807) is 4.90 Å². The molecule has 0 spiro atoms. The van der Waals surface area contributed by atoms with Crippen LogP contribution in [0, 0.1) is 6.92 Å². The summed E-state index contributed by atoms with van der Waals surface area (Å²) in [6.07, 6.45) is 0.316. The summed E-state index contributed by atoms with van der Waals surface area (Å²) in [5.74, 6) is -0.00751. The molecule has 0 saturated carbocycles. The Kier molecular flexibility index (Phi) is 5.88. The Hall–Kier alpha value is -2.76. The Labute approximate surface area is 182 Å². The van der Waals surface area contributed by atoms with E-state index in [9.17, 15) is 4.79 Å². The molecule has 4 aromatic rings. The number of halogens is 1. The van der Waals surface area contributed by atoms with Gasteiger partial charge in [-0.1, -0.05) is 76.6 Å². The number of aromatic nitrogens is 1. The topological polar surface area (TPSA) is 33.2 Å². The van der Waals surface area contributed by atoms with Crippen LogP contribution in [0.15, 0.2) is 89.4 Å². The molecular formula is C24H19BrN2OS.